The van der Waals surface area contributed by atoms with E-state index in [-0.39, 0.29) is 24.1 Å². The minimum Gasteiger partial charge on any atom is -0.469 e. The maximum atomic E-state index is 12.2. The second kappa shape index (κ2) is 6.02. The minimum absolute atomic E-state index is 0.0476. The number of esters is 1. The molecule has 1 aliphatic carbocycles. The SMILES string of the molecule is COC(=O)CCS(=O)(=O)C1C(C)CC(C)CC1N. The number of hydrogen-bond acceptors (Lipinski definition) is 5. The van der Waals surface area contributed by atoms with Crippen LogP contribution in [0.3, 0.4) is 0 Å². The summed E-state index contributed by atoms with van der Waals surface area (Å²) in [6.07, 6.45) is 1.51. The van der Waals surface area contributed by atoms with Crippen LogP contribution in [0.5, 0.6) is 0 Å². The molecule has 1 fully saturated rings. The zero-order valence-electron chi connectivity index (χ0n) is 11.3. The fraction of sp³-hybridized carbons (Fsp3) is 0.917. The number of ether oxygens (including phenoxy) is 1. The monoisotopic (exact) mass is 277 g/mol. The molecule has 4 atom stereocenters. The van der Waals surface area contributed by atoms with Crippen LogP contribution < -0.4 is 5.73 Å². The number of rotatable bonds is 4. The quantitative estimate of drug-likeness (QED) is 0.765. The largest absolute Gasteiger partial charge is 0.469 e. The first-order valence-corrected chi connectivity index (χ1v) is 8.03. The molecule has 0 amide bonds. The molecule has 1 rings (SSSR count). The summed E-state index contributed by atoms with van der Waals surface area (Å²) in [6.45, 7) is 4.02. The molecular weight excluding hydrogens is 254 g/mol. The van der Waals surface area contributed by atoms with Crippen molar-refractivity contribution in [3.63, 3.8) is 0 Å². The molecule has 4 unspecified atom stereocenters. The molecule has 1 aliphatic rings. The predicted octanol–water partition coefficient (Wildman–Crippen LogP) is 0.726. The Hall–Kier alpha value is -0.620. The van der Waals surface area contributed by atoms with Gasteiger partial charge in [-0.3, -0.25) is 4.79 Å². The molecule has 5 nitrogen and oxygen atoms in total. The Kier molecular flexibility index (Phi) is 5.16. The van der Waals surface area contributed by atoms with Crippen molar-refractivity contribution in [1.29, 1.82) is 0 Å². The zero-order chi connectivity index (χ0) is 13.9. The third-order valence-electron chi connectivity index (χ3n) is 3.66. The number of methoxy groups -OCH3 is 1. The third-order valence-corrected chi connectivity index (χ3v) is 6.08. The van der Waals surface area contributed by atoms with E-state index in [4.69, 9.17) is 5.73 Å². The number of carbonyl (C=O) groups is 1. The van der Waals surface area contributed by atoms with Gasteiger partial charge in [-0.15, -0.1) is 0 Å². The summed E-state index contributed by atoms with van der Waals surface area (Å²) in [5.74, 6) is -0.158. The maximum Gasteiger partial charge on any atom is 0.306 e. The normalized spacial score (nSPS) is 33.1. The summed E-state index contributed by atoms with van der Waals surface area (Å²) in [6, 6.07) is -0.327. The summed E-state index contributed by atoms with van der Waals surface area (Å²) < 4.78 is 29.0. The van der Waals surface area contributed by atoms with E-state index in [1.165, 1.54) is 7.11 Å². The zero-order valence-corrected chi connectivity index (χ0v) is 12.1. The van der Waals surface area contributed by atoms with E-state index in [9.17, 15) is 13.2 Å². The maximum absolute atomic E-state index is 12.2. The summed E-state index contributed by atoms with van der Waals surface area (Å²) in [4.78, 5) is 11.0. The van der Waals surface area contributed by atoms with Crippen LogP contribution in [0, 0.1) is 11.8 Å². The van der Waals surface area contributed by atoms with Gasteiger partial charge in [0.05, 0.1) is 24.5 Å². The molecule has 0 heterocycles. The van der Waals surface area contributed by atoms with Gasteiger partial charge in [-0.25, -0.2) is 8.42 Å². The smallest absolute Gasteiger partial charge is 0.306 e. The summed E-state index contributed by atoms with van der Waals surface area (Å²) in [5.41, 5.74) is 5.99. The van der Waals surface area contributed by atoms with Crippen molar-refractivity contribution in [3.8, 4) is 0 Å². The molecular formula is C12H23NO4S. The Bertz CT molecular complexity index is 381. The lowest BCUT2D eigenvalue weighted by Crippen LogP contribution is -2.50. The predicted molar refractivity (Wildman–Crippen MR) is 69.7 cm³/mol. The van der Waals surface area contributed by atoms with E-state index in [1.54, 1.807) is 0 Å². The Morgan fingerprint density at radius 2 is 1.94 bits per heavy atom. The Labute approximate surface area is 109 Å². The fourth-order valence-electron chi connectivity index (χ4n) is 2.97. The van der Waals surface area contributed by atoms with Crippen molar-refractivity contribution in [2.24, 2.45) is 17.6 Å². The highest BCUT2D eigenvalue weighted by Crippen LogP contribution is 2.32. The molecule has 1 saturated carbocycles. The van der Waals surface area contributed by atoms with Gasteiger partial charge in [0, 0.05) is 6.04 Å². The van der Waals surface area contributed by atoms with Gasteiger partial charge in [-0.05, 0) is 24.7 Å². The molecule has 0 aromatic heterocycles. The van der Waals surface area contributed by atoms with Crippen molar-refractivity contribution >= 4 is 15.8 Å². The van der Waals surface area contributed by atoms with Crippen molar-refractivity contribution in [2.45, 2.75) is 44.4 Å². The van der Waals surface area contributed by atoms with Gasteiger partial charge in [-0.1, -0.05) is 13.8 Å². The first kappa shape index (κ1) is 15.4. The second-order valence-electron chi connectivity index (χ2n) is 5.38. The van der Waals surface area contributed by atoms with E-state index in [2.05, 4.69) is 11.7 Å². The van der Waals surface area contributed by atoms with Gasteiger partial charge in [0.2, 0.25) is 0 Å². The second-order valence-corrected chi connectivity index (χ2v) is 7.65. The molecule has 0 aliphatic heterocycles. The molecule has 0 aromatic rings. The standard InChI is InChI=1S/C12H23NO4S/c1-8-6-9(2)12(10(13)7-8)18(15,16)5-4-11(14)17-3/h8-10,12H,4-7,13H2,1-3H3. The van der Waals surface area contributed by atoms with Crippen LogP contribution in [0.2, 0.25) is 0 Å². The number of carbonyl (C=O) groups excluding carboxylic acids is 1. The van der Waals surface area contributed by atoms with Gasteiger partial charge < -0.3 is 10.5 Å². The van der Waals surface area contributed by atoms with E-state index in [1.807, 2.05) is 6.92 Å². The van der Waals surface area contributed by atoms with Crippen LogP contribution in [0.25, 0.3) is 0 Å². The lowest BCUT2D eigenvalue weighted by atomic mass is 9.80. The van der Waals surface area contributed by atoms with E-state index in [0.717, 1.165) is 12.8 Å². The Morgan fingerprint density at radius 1 is 1.33 bits per heavy atom. The average Bonchev–Trinajstić information content (AvgIpc) is 2.24. The van der Waals surface area contributed by atoms with Crippen molar-refractivity contribution < 1.29 is 17.9 Å². The van der Waals surface area contributed by atoms with Crippen molar-refractivity contribution in [3.05, 3.63) is 0 Å². The first-order chi connectivity index (χ1) is 8.27. The van der Waals surface area contributed by atoms with Crippen LogP contribution in [-0.4, -0.2) is 38.5 Å². The van der Waals surface area contributed by atoms with E-state index >= 15 is 0 Å². The van der Waals surface area contributed by atoms with Gasteiger partial charge in [0.25, 0.3) is 0 Å². The molecule has 0 radical (unpaired) electrons. The van der Waals surface area contributed by atoms with Crippen LogP contribution in [0.4, 0.5) is 0 Å². The summed E-state index contributed by atoms with van der Waals surface area (Å²) in [5, 5.41) is -0.529. The van der Waals surface area contributed by atoms with E-state index in [0.29, 0.717) is 5.92 Å². The first-order valence-electron chi connectivity index (χ1n) is 6.32. The molecule has 0 aromatic carbocycles. The fourth-order valence-corrected chi connectivity index (χ4v) is 5.16. The third kappa shape index (κ3) is 3.68. The molecule has 0 spiro atoms. The van der Waals surface area contributed by atoms with Gasteiger partial charge in [-0.2, -0.15) is 0 Å². The van der Waals surface area contributed by atoms with Crippen LogP contribution >= 0.6 is 0 Å². The number of hydrogen-bond donors (Lipinski definition) is 1. The van der Waals surface area contributed by atoms with Crippen LogP contribution in [0.15, 0.2) is 0 Å². The topological polar surface area (TPSA) is 86.5 Å². The highest BCUT2D eigenvalue weighted by Gasteiger charge is 2.40. The van der Waals surface area contributed by atoms with Crippen LogP contribution in [-0.2, 0) is 19.4 Å². The van der Waals surface area contributed by atoms with Gasteiger partial charge >= 0.3 is 5.97 Å². The molecule has 6 heteroatoms. The highest BCUT2D eigenvalue weighted by atomic mass is 32.2. The van der Waals surface area contributed by atoms with Crippen molar-refractivity contribution in [2.75, 3.05) is 12.9 Å². The summed E-state index contributed by atoms with van der Waals surface area (Å²) in [7, 11) is -2.08. The summed E-state index contributed by atoms with van der Waals surface area (Å²) >= 11 is 0. The molecule has 2 N–H and O–H groups in total. The highest BCUT2D eigenvalue weighted by molar-refractivity contribution is 7.92. The number of sulfone groups is 1. The van der Waals surface area contributed by atoms with Gasteiger partial charge in [0.1, 0.15) is 0 Å². The van der Waals surface area contributed by atoms with Crippen LogP contribution in [0.1, 0.15) is 33.1 Å². The lowest BCUT2D eigenvalue weighted by molar-refractivity contribution is -0.140. The lowest BCUT2D eigenvalue weighted by Gasteiger charge is -2.37. The minimum atomic E-state index is -3.34. The molecule has 18 heavy (non-hydrogen) atoms. The van der Waals surface area contributed by atoms with Crippen molar-refractivity contribution in [1.82, 2.24) is 0 Å². The Morgan fingerprint density at radius 3 is 2.44 bits per heavy atom. The van der Waals surface area contributed by atoms with Gasteiger partial charge in [0.15, 0.2) is 9.84 Å². The molecule has 0 saturated heterocycles. The average molecular weight is 277 g/mol. The molecule has 0 bridgehead atoms. The Balaban J connectivity index is 2.74. The number of nitrogens with two attached hydrogens (primary N) is 1. The molecule has 106 valence electrons. The van der Waals surface area contributed by atoms with E-state index < -0.39 is 21.1 Å².